The first-order chi connectivity index (χ1) is 7.74. The minimum absolute atomic E-state index is 0.964. The van der Waals surface area contributed by atoms with Gasteiger partial charge in [-0.15, -0.1) is 0 Å². The van der Waals surface area contributed by atoms with Crippen LogP contribution in [0.1, 0.15) is 24.5 Å². The second kappa shape index (κ2) is 7.82. The lowest BCUT2D eigenvalue weighted by molar-refractivity contribution is 0.605. The molecule has 0 saturated carbocycles. The second-order valence-electron chi connectivity index (χ2n) is 3.95. The Morgan fingerprint density at radius 3 is 2.62 bits per heavy atom. The molecule has 2 nitrogen and oxygen atoms in total. The lowest BCUT2D eigenvalue weighted by Gasteiger charge is -2.08. The molecule has 3 heteroatoms. The number of halogens is 1. The minimum Gasteiger partial charge on any atom is -0.317 e. The molecule has 0 saturated heterocycles. The second-order valence-corrected chi connectivity index (χ2v) is 4.87. The van der Waals surface area contributed by atoms with E-state index >= 15 is 0 Å². The SMILES string of the molecule is CCNCCCNCc1ccc(Br)cc1C. The van der Waals surface area contributed by atoms with Crippen molar-refractivity contribution in [3.8, 4) is 0 Å². The number of benzene rings is 1. The molecule has 1 aromatic rings. The van der Waals surface area contributed by atoms with E-state index in [1.807, 2.05) is 0 Å². The van der Waals surface area contributed by atoms with Crippen molar-refractivity contribution in [2.45, 2.75) is 26.8 Å². The molecule has 0 aliphatic carbocycles. The summed E-state index contributed by atoms with van der Waals surface area (Å²) >= 11 is 3.48. The van der Waals surface area contributed by atoms with E-state index in [0.717, 1.165) is 30.7 Å². The molecule has 0 aliphatic heterocycles. The Hall–Kier alpha value is -0.380. The smallest absolute Gasteiger partial charge is 0.0208 e. The zero-order valence-corrected chi connectivity index (χ0v) is 11.7. The maximum atomic E-state index is 3.48. The van der Waals surface area contributed by atoms with Gasteiger partial charge in [0, 0.05) is 11.0 Å². The molecule has 0 amide bonds. The Kier molecular flexibility index (Phi) is 6.69. The summed E-state index contributed by atoms with van der Waals surface area (Å²) in [7, 11) is 0. The molecular weight excluding hydrogens is 264 g/mol. The predicted octanol–water partition coefficient (Wildman–Crippen LogP) is 2.85. The van der Waals surface area contributed by atoms with E-state index in [9.17, 15) is 0 Å². The molecular formula is C13H21BrN2. The maximum absolute atomic E-state index is 3.48. The molecule has 0 unspecified atom stereocenters. The van der Waals surface area contributed by atoms with Crippen LogP contribution in [0.4, 0.5) is 0 Å². The Bertz CT molecular complexity index is 313. The Labute approximate surface area is 107 Å². The fourth-order valence-corrected chi connectivity index (χ4v) is 2.07. The molecule has 0 fully saturated rings. The van der Waals surface area contributed by atoms with E-state index in [-0.39, 0.29) is 0 Å². The molecule has 1 rings (SSSR count). The van der Waals surface area contributed by atoms with Crippen LogP contribution in [0.5, 0.6) is 0 Å². The molecule has 0 bridgehead atoms. The van der Waals surface area contributed by atoms with E-state index in [1.54, 1.807) is 0 Å². The molecule has 1 aromatic carbocycles. The highest BCUT2D eigenvalue weighted by Gasteiger charge is 1.98. The van der Waals surface area contributed by atoms with Crippen molar-refractivity contribution in [3.05, 3.63) is 33.8 Å². The van der Waals surface area contributed by atoms with Gasteiger partial charge in [0.1, 0.15) is 0 Å². The highest BCUT2D eigenvalue weighted by Crippen LogP contribution is 2.15. The van der Waals surface area contributed by atoms with Crippen molar-refractivity contribution >= 4 is 15.9 Å². The fourth-order valence-electron chi connectivity index (χ4n) is 1.60. The van der Waals surface area contributed by atoms with Crippen molar-refractivity contribution in [1.29, 1.82) is 0 Å². The van der Waals surface area contributed by atoms with Crippen LogP contribution >= 0.6 is 15.9 Å². The monoisotopic (exact) mass is 284 g/mol. The number of aryl methyl sites for hydroxylation is 1. The fraction of sp³-hybridized carbons (Fsp3) is 0.538. The van der Waals surface area contributed by atoms with Crippen LogP contribution in [0.3, 0.4) is 0 Å². The van der Waals surface area contributed by atoms with Gasteiger partial charge in [0.05, 0.1) is 0 Å². The number of hydrogen-bond acceptors (Lipinski definition) is 2. The first-order valence-electron chi connectivity index (χ1n) is 5.90. The lowest BCUT2D eigenvalue weighted by atomic mass is 10.1. The van der Waals surface area contributed by atoms with Crippen molar-refractivity contribution in [2.24, 2.45) is 0 Å². The third kappa shape index (κ3) is 5.10. The summed E-state index contributed by atoms with van der Waals surface area (Å²) in [6, 6.07) is 6.44. The summed E-state index contributed by atoms with van der Waals surface area (Å²) in [4.78, 5) is 0. The summed E-state index contributed by atoms with van der Waals surface area (Å²) in [5.41, 5.74) is 2.72. The van der Waals surface area contributed by atoms with E-state index < -0.39 is 0 Å². The van der Waals surface area contributed by atoms with Gasteiger partial charge < -0.3 is 10.6 Å². The van der Waals surface area contributed by atoms with Crippen LogP contribution in [0.25, 0.3) is 0 Å². The minimum atomic E-state index is 0.964. The molecule has 0 aliphatic rings. The van der Waals surface area contributed by atoms with Crippen LogP contribution in [0.15, 0.2) is 22.7 Å². The van der Waals surface area contributed by atoms with Crippen LogP contribution in [0.2, 0.25) is 0 Å². The van der Waals surface area contributed by atoms with Crippen LogP contribution in [-0.4, -0.2) is 19.6 Å². The Morgan fingerprint density at radius 2 is 1.94 bits per heavy atom. The van der Waals surface area contributed by atoms with Gasteiger partial charge in [-0.1, -0.05) is 28.9 Å². The predicted molar refractivity (Wildman–Crippen MR) is 73.7 cm³/mol. The summed E-state index contributed by atoms with van der Waals surface area (Å²) in [6.45, 7) is 8.49. The number of nitrogens with one attached hydrogen (secondary N) is 2. The van der Waals surface area contributed by atoms with Crippen LogP contribution in [0, 0.1) is 6.92 Å². The van der Waals surface area contributed by atoms with Gasteiger partial charge >= 0.3 is 0 Å². The van der Waals surface area contributed by atoms with Crippen molar-refractivity contribution < 1.29 is 0 Å². The summed E-state index contributed by atoms with van der Waals surface area (Å²) in [5.74, 6) is 0. The van der Waals surface area contributed by atoms with E-state index in [1.165, 1.54) is 17.5 Å². The van der Waals surface area contributed by atoms with Gasteiger partial charge in [0.2, 0.25) is 0 Å². The van der Waals surface area contributed by atoms with Crippen LogP contribution < -0.4 is 10.6 Å². The molecule has 0 heterocycles. The highest BCUT2D eigenvalue weighted by atomic mass is 79.9. The average molecular weight is 285 g/mol. The first-order valence-corrected chi connectivity index (χ1v) is 6.69. The van der Waals surface area contributed by atoms with E-state index in [4.69, 9.17) is 0 Å². The Balaban J connectivity index is 2.21. The van der Waals surface area contributed by atoms with Crippen LogP contribution in [-0.2, 0) is 6.54 Å². The van der Waals surface area contributed by atoms with Crippen molar-refractivity contribution in [3.63, 3.8) is 0 Å². The molecule has 0 atom stereocenters. The van der Waals surface area contributed by atoms with E-state index in [2.05, 4.69) is 58.6 Å². The molecule has 0 radical (unpaired) electrons. The molecule has 0 spiro atoms. The van der Waals surface area contributed by atoms with Gasteiger partial charge in [0.25, 0.3) is 0 Å². The quantitative estimate of drug-likeness (QED) is 0.753. The zero-order chi connectivity index (χ0) is 11.8. The van der Waals surface area contributed by atoms with Crippen molar-refractivity contribution in [2.75, 3.05) is 19.6 Å². The average Bonchev–Trinajstić information content (AvgIpc) is 2.26. The first kappa shape index (κ1) is 13.7. The third-order valence-electron chi connectivity index (χ3n) is 2.58. The molecule has 2 N–H and O–H groups in total. The van der Waals surface area contributed by atoms with Gasteiger partial charge in [-0.25, -0.2) is 0 Å². The van der Waals surface area contributed by atoms with E-state index in [0.29, 0.717) is 0 Å². The summed E-state index contributed by atoms with van der Waals surface area (Å²) in [5, 5.41) is 6.79. The van der Waals surface area contributed by atoms with Gasteiger partial charge in [-0.3, -0.25) is 0 Å². The topological polar surface area (TPSA) is 24.1 Å². The normalized spacial score (nSPS) is 10.7. The third-order valence-corrected chi connectivity index (χ3v) is 3.07. The van der Waals surface area contributed by atoms with Crippen molar-refractivity contribution in [1.82, 2.24) is 10.6 Å². The highest BCUT2D eigenvalue weighted by molar-refractivity contribution is 9.10. The summed E-state index contributed by atoms with van der Waals surface area (Å²) < 4.78 is 1.15. The molecule has 16 heavy (non-hydrogen) atoms. The number of rotatable bonds is 7. The molecule has 90 valence electrons. The largest absolute Gasteiger partial charge is 0.317 e. The number of hydrogen-bond donors (Lipinski definition) is 2. The lowest BCUT2D eigenvalue weighted by Crippen LogP contribution is -2.21. The zero-order valence-electron chi connectivity index (χ0n) is 10.1. The van der Waals surface area contributed by atoms with Gasteiger partial charge in [-0.2, -0.15) is 0 Å². The summed E-state index contributed by atoms with van der Waals surface area (Å²) in [6.07, 6.45) is 1.18. The standard InChI is InChI=1S/C13H21BrN2/c1-3-15-7-4-8-16-10-12-5-6-13(14)9-11(12)2/h5-6,9,15-16H,3-4,7-8,10H2,1-2H3. The molecule has 0 aromatic heterocycles. The Morgan fingerprint density at radius 1 is 1.19 bits per heavy atom. The van der Waals surface area contributed by atoms with Gasteiger partial charge in [0.15, 0.2) is 0 Å². The maximum Gasteiger partial charge on any atom is 0.0208 e. The van der Waals surface area contributed by atoms with Gasteiger partial charge in [-0.05, 0) is 56.2 Å².